The van der Waals surface area contributed by atoms with Gasteiger partial charge in [0, 0.05) is 37.8 Å². The van der Waals surface area contributed by atoms with Crippen LogP contribution >= 0.6 is 0 Å². The zero-order valence-corrected chi connectivity index (χ0v) is 39.5. The molecule has 0 unspecified atom stereocenters. The molecular weight excluding hydrogens is 899 g/mol. The van der Waals surface area contributed by atoms with E-state index in [0.717, 1.165) is 5.56 Å². The second kappa shape index (κ2) is 19.2. The monoisotopic (exact) mass is 949 g/mol. The topological polar surface area (TPSA) is 213 Å². The Balaban J connectivity index is 1.34. The van der Waals surface area contributed by atoms with Gasteiger partial charge in [-0.2, -0.15) is 9.10 Å². The summed E-state index contributed by atoms with van der Waals surface area (Å²) in [5.74, 6) is 1.63. The molecule has 1 atom stereocenters. The lowest BCUT2D eigenvalue weighted by atomic mass is 9.98. The van der Waals surface area contributed by atoms with Gasteiger partial charge < -0.3 is 28.8 Å². The van der Waals surface area contributed by atoms with Crippen molar-refractivity contribution in [2.24, 2.45) is 0 Å². The molecule has 0 radical (unpaired) electrons. The molecule has 8 rings (SSSR count). The quantitative estimate of drug-likeness (QED) is 0.104. The van der Waals surface area contributed by atoms with E-state index in [2.05, 4.69) is 25.0 Å². The summed E-state index contributed by atoms with van der Waals surface area (Å²) in [6, 6.07) is 28.5. The molecule has 0 spiro atoms. The number of rotatable bonds is 16. The van der Waals surface area contributed by atoms with Crippen molar-refractivity contribution in [2.75, 3.05) is 34.4 Å². The minimum Gasteiger partial charge on any atom is -0.497 e. The maximum atomic E-state index is 16.1. The van der Waals surface area contributed by atoms with Gasteiger partial charge in [-0.15, -0.1) is 10.2 Å². The molecule has 7 aromatic rings. The predicted molar refractivity (Wildman–Crippen MR) is 249 cm³/mol. The number of sulfonamides is 2. The average Bonchev–Trinajstić information content (AvgIpc) is 4.11. The Kier molecular flexibility index (Phi) is 13.3. The van der Waals surface area contributed by atoms with Gasteiger partial charge in [-0.25, -0.2) is 31.3 Å². The van der Waals surface area contributed by atoms with Gasteiger partial charge in [0.15, 0.2) is 0 Å². The molecular formula is C47H51N9O9S2. The van der Waals surface area contributed by atoms with E-state index in [-0.39, 0.29) is 56.1 Å². The van der Waals surface area contributed by atoms with E-state index in [1.165, 1.54) is 46.7 Å². The van der Waals surface area contributed by atoms with Gasteiger partial charge >= 0.3 is 6.09 Å². The first kappa shape index (κ1) is 46.7. The van der Waals surface area contributed by atoms with Crippen LogP contribution in [-0.2, 0) is 44.4 Å². The average molecular weight is 950 g/mol. The molecule has 3 heterocycles. The summed E-state index contributed by atoms with van der Waals surface area (Å²) in [6.07, 6.45) is 1.17. The zero-order valence-electron chi connectivity index (χ0n) is 37.8. The number of benzene rings is 5. The molecule has 2 N–H and O–H groups in total. The van der Waals surface area contributed by atoms with Crippen LogP contribution in [0, 0.1) is 0 Å². The number of H-pyrrole nitrogens is 1. The normalized spacial score (nSPS) is 14.4. The summed E-state index contributed by atoms with van der Waals surface area (Å²) in [4.78, 5) is 22.3. The number of hydrogen-bond acceptors (Lipinski definition) is 13. The van der Waals surface area contributed by atoms with Crippen LogP contribution in [0.3, 0.4) is 0 Å². The summed E-state index contributed by atoms with van der Waals surface area (Å²) < 4.78 is 88.0. The third kappa shape index (κ3) is 10.4. The number of amides is 1. The van der Waals surface area contributed by atoms with Gasteiger partial charge in [0.05, 0.1) is 50.8 Å². The number of methoxy groups -OCH3 is 3. The zero-order chi connectivity index (χ0) is 47.5. The standard InChI is InChI=1S/C47H51N9O9S2/c1-47(2,3)65-46(57)54-25-24-34(29-54)52-66(58,59)41-23-22-38(39-8-7-9-40-43(39)49-30-48-40)42(45-50-53-56(51-45)28-33-14-20-37(64-6)21-15-33)44(41)67(60,61)55(26-31-10-16-35(62-4)17-11-31)27-32-12-18-36(63-5)19-13-32/h7-23,30,34,52H,24-29H2,1-6H3,(H,48,49)/t34-/m0/s1. The number of hydrogen-bond donors (Lipinski definition) is 2. The number of nitrogens with zero attached hydrogens (tertiary/aromatic N) is 7. The van der Waals surface area contributed by atoms with Crippen LogP contribution in [0.4, 0.5) is 4.79 Å². The number of fused-ring (bicyclic) bond motifs is 1. The number of carbonyl (C=O) groups is 1. The largest absolute Gasteiger partial charge is 0.497 e. The van der Waals surface area contributed by atoms with E-state index >= 15 is 16.8 Å². The minimum absolute atomic E-state index is 0.00930. The number of carbonyl (C=O) groups excluding carboxylic acids is 1. The van der Waals surface area contributed by atoms with E-state index in [1.54, 1.807) is 101 Å². The molecule has 0 saturated carbocycles. The Bertz CT molecular complexity index is 3050. The van der Waals surface area contributed by atoms with Crippen molar-refractivity contribution < 1.29 is 40.6 Å². The maximum Gasteiger partial charge on any atom is 0.410 e. The highest BCUT2D eigenvalue weighted by atomic mass is 32.2. The number of nitrogens with one attached hydrogen (secondary N) is 2. The second-order valence-electron chi connectivity index (χ2n) is 16.9. The van der Waals surface area contributed by atoms with Gasteiger partial charge in [0.2, 0.25) is 25.9 Å². The number of para-hydroxylation sites is 1. The van der Waals surface area contributed by atoms with Crippen molar-refractivity contribution in [1.29, 1.82) is 0 Å². The summed E-state index contributed by atoms with van der Waals surface area (Å²) in [7, 11) is -5.02. The molecule has 1 aliphatic rings. The van der Waals surface area contributed by atoms with Crippen molar-refractivity contribution in [3.63, 3.8) is 0 Å². The van der Waals surface area contributed by atoms with E-state index in [1.807, 2.05) is 18.2 Å². The molecule has 1 amide bonds. The Labute approximate surface area is 388 Å². The summed E-state index contributed by atoms with van der Waals surface area (Å²) in [5, 5.41) is 13.5. The lowest BCUT2D eigenvalue weighted by Gasteiger charge is -2.27. The molecule has 5 aromatic carbocycles. The molecule has 2 aromatic heterocycles. The number of imidazole rings is 1. The van der Waals surface area contributed by atoms with Crippen LogP contribution in [0.2, 0.25) is 0 Å². The van der Waals surface area contributed by atoms with E-state index in [4.69, 9.17) is 24.0 Å². The van der Waals surface area contributed by atoms with Crippen molar-refractivity contribution >= 4 is 37.2 Å². The van der Waals surface area contributed by atoms with Crippen LogP contribution in [0.25, 0.3) is 33.5 Å². The smallest absolute Gasteiger partial charge is 0.410 e. The Hall–Kier alpha value is -6.87. The fraction of sp³-hybridized carbons (Fsp3) is 0.298. The van der Waals surface area contributed by atoms with Gasteiger partial charge in [-0.05, 0) is 103 Å². The molecule has 1 fully saturated rings. The third-order valence-electron chi connectivity index (χ3n) is 11.1. The molecule has 1 aliphatic heterocycles. The molecule has 1 saturated heterocycles. The molecule has 350 valence electrons. The van der Waals surface area contributed by atoms with Crippen molar-refractivity contribution in [3.8, 4) is 39.8 Å². The van der Waals surface area contributed by atoms with Crippen molar-refractivity contribution in [1.82, 2.24) is 44.1 Å². The van der Waals surface area contributed by atoms with E-state index in [9.17, 15) is 4.79 Å². The lowest BCUT2D eigenvalue weighted by Crippen LogP contribution is -2.41. The first-order valence-electron chi connectivity index (χ1n) is 21.3. The number of tetrazole rings is 1. The highest BCUT2D eigenvalue weighted by Gasteiger charge is 2.40. The number of likely N-dealkylation sites (tertiary alicyclic amines) is 1. The first-order valence-corrected chi connectivity index (χ1v) is 24.2. The summed E-state index contributed by atoms with van der Waals surface area (Å²) in [6.45, 7) is 5.21. The predicted octanol–water partition coefficient (Wildman–Crippen LogP) is 6.64. The highest BCUT2D eigenvalue weighted by Crippen LogP contribution is 2.43. The van der Waals surface area contributed by atoms with E-state index in [0.29, 0.717) is 45.0 Å². The first-order chi connectivity index (χ1) is 32.0. The Morgan fingerprint density at radius 3 is 1.97 bits per heavy atom. The fourth-order valence-electron chi connectivity index (χ4n) is 7.82. The third-order valence-corrected chi connectivity index (χ3v) is 14.7. The number of aromatic amines is 1. The van der Waals surface area contributed by atoms with E-state index < -0.39 is 47.6 Å². The van der Waals surface area contributed by atoms with Crippen LogP contribution in [0.15, 0.2) is 119 Å². The molecule has 0 aliphatic carbocycles. The maximum absolute atomic E-state index is 16.1. The summed E-state index contributed by atoms with van der Waals surface area (Å²) >= 11 is 0. The van der Waals surface area contributed by atoms with Gasteiger partial charge in [-0.3, -0.25) is 0 Å². The Morgan fingerprint density at radius 2 is 1.39 bits per heavy atom. The van der Waals surface area contributed by atoms with Crippen LogP contribution in [0.5, 0.6) is 17.2 Å². The SMILES string of the molecule is COc1ccc(CN(Cc2ccc(OC)cc2)S(=O)(=O)c2c(S(=O)(=O)N[C@H]3CCN(C(=O)OC(C)(C)C)C3)ccc(-c3cccc4[nH]cnc34)c2-c2nnn(Cc3ccc(OC)cc3)n2)cc1. The van der Waals surface area contributed by atoms with Crippen molar-refractivity contribution in [2.45, 2.75) is 68.3 Å². The lowest BCUT2D eigenvalue weighted by molar-refractivity contribution is 0.0292. The Morgan fingerprint density at radius 1 is 0.791 bits per heavy atom. The van der Waals surface area contributed by atoms with Crippen LogP contribution < -0.4 is 18.9 Å². The highest BCUT2D eigenvalue weighted by molar-refractivity contribution is 7.92. The fourth-order valence-corrected chi connectivity index (χ4v) is 11.5. The van der Waals surface area contributed by atoms with Gasteiger partial charge in [-0.1, -0.05) is 54.6 Å². The van der Waals surface area contributed by atoms with Gasteiger partial charge in [0.1, 0.15) is 32.6 Å². The molecule has 20 heteroatoms. The summed E-state index contributed by atoms with van der Waals surface area (Å²) in [5.41, 5.74) is 3.00. The van der Waals surface area contributed by atoms with Gasteiger partial charge in [0.25, 0.3) is 0 Å². The second-order valence-corrected chi connectivity index (χ2v) is 20.5. The molecule has 18 nitrogen and oxygen atoms in total. The van der Waals surface area contributed by atoms with Crippen LogP contribution in [0.1, 0.15) is 43.9 Å². The molecule has 67 heavy (non-hydrogen) atoms. The number of ether oxygens (including phenoxy) is 4. The number of aromatic nitrogens is 6. The van der Waals surface area contributed by atoms with Crippen LogP contribution in [-0.4, -0.2) is 108 Å². The molecule has 0 bridgehead atoms. The minimum atomic E-state index is -4.92. The van der Waals surface area contributed by atoms with Crippen molar-refractivity contribution in [3.05, 3.63) is 126 Å².